The predicted octanol–water partition coefficient (Wildman–Crippen LogP) is -0.452. The van der Waals surface area contributed by atoms with Gasteiger partial charge in [0, 0.05) is 0 Å². The highest BCUT2D eigenvalue weighted by molar-refractivity contribution is 7.76. The third-order valence-electron chi connectivity index (χ3n) is 0.426. The van der Waals surface area contributed by atoms with Crippen LogP contribution in [0.2, 0.25) is 0 Å². The van der Waals surface area contributed by atoms with Gasteiger partial charge in [-0.1, -0.05) is 0 Å². The van der Waals surface area contributed by atoms with Crippen LogP contribution < -0.4 is 0 Å². The van der Waals surface area contributed by atoms with Gasteiger partial charge in [0.05, 0.1) is 18.9 Å². The minimum atomic E-state index is -2.21. The molecule has 1 atom stereocenters. The Balaban J connectivity index is 3.52. The van der Waals surface area contributed by atoms with Crippen LogP contribution in [-0.2, 0) is 20.9 Å². The standard InChI is InChI=1S/C2H7NO4S/c1-6-3(7-2)8(4)5/h1-2H3,(H,4,5). The molecule has 0 aliphatic heterocycles. The average Bonchev–Trinajstić information content (AvgIpc) is 1.69. The molecule has 0 amide bonds. The third kappa shape index (κ3) is 2.34. The fourth-order valence-electron chi connectivity index (χ4n) is 0.202. The summed E-state index contributed by atoms with van der Waals surface area (Å²) in [6, 6.07) is 0. The average molecular weight is 141 g/mol. The molecular formula is C2H7NO4S. The molecule has 0 radical (unpaired) electrons. The quantitative estimate of drug-likeness (QED) is 0.427. The molecule has 0 aromatic carbocycles. The molecular weight excluding hydrogens is 134 g/mol. The lowest BCUT2D eigenvalue weighted by molar-refractivity contribution is -0.270. The number of nitrogens with zero attached hydrogens (tertiary/aromatic N) is 1. The second-order valence-electron chi connectivity index (χ2n) is 0.819. The Morgan fingerprint density at radius 1 is 1.50 bits per heavy atom. The second-order valence-corrected chi connectivity index (χ2v) is 1.58. The van der Waals surface area contributed by atoms with E-state index in [-0.39, 0.29) is 0 Å². The lowest BCUT2D eigenvalue weighted by Crippen LogP contribution is -2.22. The van der Waals surface area contributed by atoms with Gasteiger partial charge in [-0.3, -0.25) is 14.2 Å². The molecule has 0 aromatic heterocycles. The zero-order valence-corrected chi connectivity index (χ0v) is 5.34. The van der Waals surface area contributed by atoms with Gasteiger partial charge in [-0.2, -0.15) is 0 Å². The molecule has 0 bridgehead atoms. The molecule has 1 unspecified atom stereocenters. The van der Waals surface area contributed by atoms with Crippen LogP contribution in [0, 0.1) is 0 Å². The summed E-state index contributed by atoms with van der Waals surface area (Å²) < 4.78 is 18.6. The van der Waals surface area contributed by atoms with E-state index in [2.05, 4.69) is 9.68 Å². The molecule has 0 aliphatic carbocycles. The van der Waals surface area contributed by atoms with E-state index < -0.39 is 11.3 Å². The molecule has 1 N–H and O–H groups in total. The highest BCUT2D eigenvalue weighted by atomic mass is 32.2. The van der Waals surface area contributed by atoms with E-state index in [4.69, 9.17) is 4.55 Å². The van der Waals surface area contributed by atoms with E-state index in [0.717, 1.165) is 0 Å². The zero-order valence-electron chi connectivity index (χ0n) is 4.53. The molecule has 8 heavy (non-hydrogen) atoms. The normalized spacial score (nSPS) is 14.5. The molecule has 0 aromatic rings. The van der Waals surface area contributed by atoms with Gasteiger partial charge in [-0.05, 0) is 0 Å². The maximum absolute atomic E-state index is 9.95. The Morgan fingerprint density at radius 2 is 1.88 bits per heavy atom. The van der Waals surface area contributed by atoms with E-state index in [1.54, 1.807) is 0 Å². The van der Waals surface area contributed by atoms with Crippen molar-refractivity contribution in [1.82, 2.24) is 4.63 Å². The Morgan fingerprint density at radius 3 is 1.88 bits per heavy atom. The van der Waals surface area contributed by atoms with Crippen LogP contribution in [0.5, 0.6) is 0 Å². The molecule has 0 saturated heterocycles. The van der Waals surface area contributed by atoms with Crippen molar-refractivity contribution < 1.29 is 18.4 Å². The van der Waals surface area contributed by atoms with Crippen molar-refractivity contribution in [2.24, 2.45) is 0 Å². The molecule has 6 heteroatoms. The van der Waals surface area contributed by atoms with Gasteiger partial charge in [0.25, 0.3) is 11.3 Å². The molecule has 0 fully saturated rings. The Labute approximate surface area is 49.5 Å². The van der Waals surface area contributed by atoms with E-state index in [9.17, 15) is 4.21 Å². The van der Waals surface area contributed by atoms with Gasteiger partial charge in [0.1, 0.15) is 0 Å². The van der Waals surface area contributed by atoms with Crippen LogP contribution in [0.4, 0.5) is 0 Å². The van der Waals surface area contributed by atoms with Crippen LogP contribution >= 0.6 is 0 Å². The van der Waals surface area contributed by atoms with Crippen molar-refractivity contribution in [3.8, 4) is 0 Å². The Hall–Kier alpha value is -0.0100. The smallest absolute Gasteiger partial charge is 0.285 e. The van der Waals surface area contributed by atoms with Crippen molar-refractivity contribution >= 4 is 11.3 Å². The first-order valence-corrected chi connectivity index (χ1v) is 2.78. The summed E-state index contributed by atoms with van der Waals surface area (Å²) in [4.78, 5) is 8.44. The van der Waals surface area contributed by atoms with Gasteiger partial charge in [0.2, 0.25) is 0 Å². The highest BCUT2D eigenvalue weighted by Crippen LogP contribution is 1.88. The monoisotopic (exact) mass is 141 g/mol. The van der Waals surface area contributed by atoms with Crippen LogP contribution in [0.15, 0.2) is 0 Å². The molecule has 50 valence electrons. The summed E-state index contributed by atoms with van der Waals surface area (Å²) in [5, 5.41) is 0. The highest BCUT2D eigenvalue weighted by Gasteiger charge is 2.05. The van der Waals surface area contributed by atoms with Crippen molar-refractivity contribution in [3.05, 3.63) is 0 Å². The van der Waals surface area contributed by atoms with E-state index >= 15 is 0 Å². The molecule has 0 aliphatic rings. The zero-order chi connectivity index (χ0) is 6.57. The summed E-state index contributed by atoms with van der Waals surface area (Å²) in [5.74, 6) is 0. The van der Waals surface area contributed by atoms with E-state index in [0.29, 0.717) is 4.63 Å². The summed E-state index contributed by atoms with van der Waals surface area (Å²) in [6.07, 6.45) is 0. The van der Waals surface area contributed by atoms with Crippen molar-refractivity contribution in [2.75, 3.05) is 14.2 Å². The fraction of sp³-hybridized carbons (Fsp3) is 1.00. The van der Waals surface area contributed by atoms with Gasteiger partial charge in [-0.15, -0.1) is 0 Å². The van der Waals surface area contributed by atoms with Crippen molar-refractivity contribution in [1.29, 1.82) is 0 Å². The molecule has 0 saturated carbocycles. The van der Waals surface area contributed by atoms with Crippen molar-refractivity contribution in [3.63, 3.8) is 0 Å². The molecule has 0 spiro atoms. The van der Waals surface area contributed by atoms with Crippen LogP contribution in [0.1, 0.15) is 0 Å². The Kier molecular flexibility index (Phi) is 3.92. The number of hydrogen-bond acceptors (Lipinski definition) is 3. The molecule has 0 rings (SSSR count). The summed E-state index contributed by atoms with van der Waals surface area (Å²) >= 11 is -2.21. The van der Waals surface area contributed by atoms with E-state index in [1.807, 2.05) is 0 Å². The second kappa shape index (κ2) is 3.93. The summed E-state index contributed by atoms with van der Waals surface area (Å²) in [7, 11) is 2.44. The topological polar surface area (TPSA) is 59.0 Å². The van der Waals surface area contributed by atoms with Gasteiger partial charge in [-0.25, -0.2) is 4.21 Å². The Bertz CT molecular complexity index is 82.1. The maximum atomic E-state index is 9.95. The SMILES string of the molecule is CON(OC)S(=O)O. The first-order chi connectivity index (χ1) is 3.72. The first kappa shape index (κ1) is 7.99. The minimum absolute atomic E-state index is 0.444. The summed E-state index contributed by atoms with van der Waals surface area (Å²) in [5.41, 5.74) is 0. The lowest BCUT2D eigenvalue weighted by atomic mass is 11.7. The molecule has 0 heterocycles. The van der Waals surface area contributed by atoms with Crippen molar-refractivity contribution in [2.45, 2.75) is 0 Å². The fourth-order valence-corrected chi connectivity index (χ4v) is 0.457. The van der Waals surface area contributed by atoms with Crippen LogP contribution in [0.3, 0.4) is 0 Å². The third-order valence-corrected chi connectivity index (χ3v) is 0.979. The lowest BCUT2D eigenvalue weighted by Gasteiger charge is -2.08. The summed E-state index contributed by atoms with van der Waals surface area (Å²) in [6.45, 7) is 0. The van der Waals surface area contributed by atoms with Crippen LogP contribution in [0.25, 0.3) is 0 Å². The first-order valence-electron chi connectivity index (χ1n) is 1.71. The van der Waals surface area contributed by atoms with Gasteiger partial charge >= 0.3 is 0 Å². The van der Waals surface area contributed by atoms with Gasteiger partial charge < -0.3 is 0 Å². The minimum Gasteiger partial charge on any atom is -0.290 e. The van der Waals surface area contributed by atoms with Crippen LogP contribution in [-0.4, -0.2) is 27.6 Å². The number of hydrogen-bond donors (Lipinski definition) is 1. The molecule has 5 nitrogen and oxygen atoms in total. The number of rotatable bonds is 3. The predicted molar refractivity (Wildman–Crippen MR) is 26.6 cm³/mol. The largest absolute Gasteiger partial charge is 0.290 e. The van der Waals surface area contributed by atoms with Gasteiger partial charge in [0.15, 0.2) is 0 Å². The maximum Gasteiger partial charge on any atom is 0.285 e. The van der Waals surface area contributed by atoms with E-state index in [1.165, 1.54) is 14.2 Å².